The molecule has 2 aromatic carbocycles. The molecular weight excluding hydrogens is 425 g/mol. The molecule has 0 saturated heterocycles. The molecule has 0 aliphatic heterocycles. The second-order valence-corrected chi connectivity index (χ2v) is 7.99. The van der Waals surface area contributed by atoms with E-state index in [0.29, 0.717) is 11.1 Å². The number of hydrogen-bond acceptors (Lipinski definition) is 4. The lowest BCUT2D eigenvalue weighted by atomic mass is 10.2. The van der Waals surface area contributed by atoms with Crippen LogP contribution in [0.15, 0.2) is 53.4 Å². The standard InChI is InChI=1S/C17H14INO3S/c1-11-6-9-14(18)10-16(11)23(20,21)22-15-5-3-4-13-8-7-12(2)19-17(13)15/h3-10H,1-2H3. The van der Waals surface area contributed by atoms with Crippen LogP contribution in [0.5, 0.6) is 5.75 Å². The summed E-state index contributed by atoms with van der Waals surface area (Å²) in [6, 6.07) is 14.3. The number of hydrogen-bond donors (Lipinski definition) is 0. The second kappa shape index (κ2) is 6.09. The van der Waals surface area contributed by atoms with E-state index in [1.165, 1.54) is 0 Å². The summed E-state index contributed by atoms with van der Waals surface area (Å²) in [7, 11) is -3.92. The molecule has 3 aromatic rings. The Hall–Kier alpha value is -1.67. The quantitative estimate of drug-likeness (QED) is 0.453. The van der Waals surface area contributed by atoms with Gasteiger partial charge >= 0.3 is 10.1 Å². The van der Waals surface area contributed by atoms with Gasteiger partial charge in [0, 0.05) is 14.7 Å². The van der Waals surface area contributed by atoms with Gasteiger partial charge in [0.1, 0.15) is 10.4 Å². The van der Waals surface area contributed by atoms with Crippen molar-refractivity contribution >= 4 is 43.6 Å². The van der Waals surface area contributed by atoms with Crippen molar-refractivity contribution in [2.75, 3.05) is 0 Å². The lowest BCUT2D eigenvalue weighted by Gasteiger charge is -2.11. The summed E-state index contributed by atoms with van der Waals surface area (Å²) >= 11 is 2.08. The maximum absolute atomic E-state index is 12.6. The molecule has 118 valence electrons. The van der Waals surface area contributed by atoms with Crippen molar-refractivity contribution in [3.8, 4) is 5.75 Å². The average Bonchev–Trinajstić information content (AvgIpc) is 2.50. The van der Waals surface area contributed by atoms with Crippen molar-refractivity contribution in [1.29, 1.82) is 0 Å². The number of pyridine rings is 1. The fraction of sp³-hybridized carbons (Fsp3) is 0.118. The van der Waals surface area contributed by atoms with Gasteiger partial charge in [-0.05, 0) is 66.3 Å². The van der Waals surface area contributed by atoms with Gasteiger partial charge in [0.2, 0.25) is 0 Å². The zero-order valence-electron chi connectivity index (χ0n) is 12.6. The van der Waals surface area contributed by atoms with Crippen molar-refractivity contribution in [2.24, 2.45) is 0 Å². The molecule has 0 saturated carbocycles. The predicted octanol–water partition coefficient (Wildman–Crippen LogP) is 4.22. The highest BCUT2D eigenvalue weighted by Gasteiger charge is 2.21. The molecule has 0 bridgehead atoms. The van der Waals surface area contributed by atoms with Gasteiger partial charge in [-0.2, -0.15) is 8.42 Å². The Labute approximate surface area is 148 Å². The number of aromatic nitrogens is 1. The first-order valence-corrected chi connectivity index (χ1v) is 9.42. The third-order valence-electron chi connectivity index (χ3n) is 3.44. The van der Waals surface area contributed by atoms with Crippen LogP contribution in [0.2, 0.25) is 0 Å². The lowest BCUT2D eigenvalue weighted by molar-refractivity contribution is 0.487. The van der Waals surface area contributed by atoms with Crippen LogP contribution in [0.1, 0.15) is 11.3 Å². The highest BCUT2D eigenvalue weighted by molar-refractivity contribution is 14.1. The SMILES string of the molecule is Cc1ccc2cccc(OS(=O)(=O)c3cc(I)ccc3C)c2n1. The molecule has 0 radical (unpaired) electrons. The molecule has 3 rings (SSSR count). The number of rotatable bonds is 3. The normalized spacial score (nSPS) is 11.6. The topological polar surface area (TPSA) is 56.3 Å². The van der Waals surface area contributed by atoms with E-state index in [1.807, 2.05) is 31.2 Å². The fourth-order valence-corrected chi connectivity index (χ4v) is 4.19. The minimum Gasteiger partial charge on any atom is -0.377 e. The molecule has 0 aliphatic rings. The summed E-state index contributed by atoms with van der Waals surface area (Å²) in [5.41, 5.74) is 1.99. The molecule has 0 N–H and O–H groups in total. The van der Waals surface area contributed by atoms with Gasteiger partial charge < -0.3 is 4.18 Å². The Morgan fingerprint density at radius 2 is 1.83 bits per heavy atom. The Morgan fingerprint density at radius 1 is 1.04 bits per heavy atom. The number of para-hydroxylation sites is 1. The Morgan fingerprint density at radius 3 is 2.61 bits per heavy atom. The molecule has 0 amide bonds. The monoisotopic (exact) mass is 439 g/mol. The molecule has 0 aliphatic carbocycles. The minimum absolute atomic E-state index is 0.175. The lowest BCUT2D eigenvalue weighted by Crippen LogP contribution is -2.12. The van der Waals surface area contributed by atoms with Crippen molar-refractivity contribution in [3.05, 3.63) is 63.4 Å². The van der Waals surface area contributed by atoms with Crippen LogP contribution in [0.25, 0.3) is 10.9 Å². The summed E-state index contributed by atoms with van der Waals surface area (Å²) < 4.78 is 31.5. The van der Waals surface area contributed by atoms with Crippen LogP contribution >= 0.6 is 22.6 Å². The van der Waals surface area contributed by atoms with Gasteiger partial charge in [0.15, 0.2) is 5.75 Å². The van der Waals surface area contributed by atoms with Crippen LogP contribution in [0.3, 0.4) is 0 Å². The molecular formula is C17H14INO3S. The van der Waals surface area contributed by atoms with E-state index in [-0.39, 0.29) is 10.6 Å². The van der Waals surface area contributed by atoms with Crippen LogP contribution in [-0.2, 0) is 10.1 Å². The van der Waals surface area contributed by atoms with Crippen LogP contribution in [0, 0.1) is 17.4 Å². The van der Waals surface area contributed by atoms with Crippen LogP contribution in [0.4, 0.5) is 0 Å². The molecule has 4 nitrogen and oxygen atoms in total. The highest BCUT2D eigenvalue weighted by atomic mass is 127. The van der Waals surface area contributed by atoms with Crippen molar-refractivity contribution in [2.45, 2.75) is 18.7 Å². The first-order chi connectivity index (χ1) is 10.9. The smallest absolute Gasteiger partial charge is 0.339 e. The number of aryl methyl sites for hydroxylation is 2. The summed E-state index contributed by atoms with van der Waals surface area (Å²) in [4.78, 5) is 4.58. The average molecular weight is 439 g/mol. The molecule has 0 spiro atoms. The summed E-state index contributed by atoms with van der Waals surface area (Å²) in [6.45, 7) is 3.60. The largest absolute Gasteiger partial charge is 0.377 e. The molecule has 23 heavy (non-hydrogen) atoms. The number of nitrogens with zero attached hydrogens (tertiary/aromatic N) is 1. The van der Waals surface area contributed by atoms with Crippen molar-refractivity contribution < 1.29 is 12.6 Å². The maximum atomic E-state index is 12.6. The van der Waals surface area contributed by atoms with Crippen LogP contribution in [-0.4, -0.2) is 13.4 Å². The molecule has 0 atom stereocenters. The molecule has 6 heteroatoms. The van der Waals surface area contributed by atoms with Gasteiger partial charge in [0.05, 0.1) is 0 Å². The van der Waals surface area contributed by atoms with Crippen LogP contribution < -0.4 is 4.18 Å². The maximum Gasteiger partial charge on any atom is 0.339 e. The highest BCUT2D eigenvalue weighted by Crippen LogP contribution is 2.28. The van der Waals surface area contributed by atoms with Gasteiger partial charge in [-0.25, -0.2) is 4.98 Å². The number of halogens is 1. The minimum atomic E-state index is -3.92. The van der Waals surface area contributed by atoms with E-state index in [4.69, 9.17) is 4.18 Å². The van der Waals surface area contributed by atoms with Gasteiger partial charge in [-0.15, -0.1) is 0 Å². The van der Waals surface area contributed by atoms with E-state index in [2.05, 4.69) is 27.6 Å². The summed E-state index contributed by atoms with van der Waals surface area (Å²) in [6.07, 6.45) is 0. The third-order valence-corrected chi connectivity index (χ3v) is 5.49. The van der Waals surface area contributed by atoms with E-state index in [9.17, 15) is 8.42 Å². The molecule has 1 aromatic heterocycles. The van der Waals surface area contributed by atoms with Crippen molar-refractivity contribution in [3.63, 3.8) is 0 Å². The predicted molar refractivity (Wildman–Crippen MR) is 98.2 cm³/mol. The second-order valence-electron chi connectivity index (χ2n) is 5.23. The number of fused-ring (bicyclic) bond motifs is 1. The number of benzene rings is 2. The zero-order chi connectivity index (χ0) is 16.6. The zero-order valence-corrected chi connectivity index (χ0v) is 15.6. The van der Waals surface area contributed by atoms with E-state index in [0.717, 1.165) is 14.7 Å². The Kier molecular flexibility index (Phi) is 4.29. The van der Waals surface area contributed by atoms with E-state index in [1.54, 1.807) is 31.2 Å². The third kappa shape index (κ3) is 3.32. The summed E-state index contributed by atoms with van der Waals surface area (Å²) in [5.74, 6) is 0.240. The summed E-state index contributed by atoms with van der Waals surface area (Å²) in [5, 5.41) is 0.836. The Balaban J connectivity index is 2.11. The molecule has 1 heterocycles. The Bertz CT molecular complexity index is 1000. The van der Waals surface area contributed by atoms with Gasteiger partial charge in [-0.3, -0.25) is 0 Å². The van der Waals surface area contributed by atoms with Gasteiger partial charge in [0.25, 0.3) is 0 Å². The van der Waals surface area contributed by atoms with E-state index < -0.39 is 10.1 Å². The van der Waals surface area contributed by atoms with E-state index >= 15 is 0 Å². The first kappa shape index (κ1) is 16.2. The molecule has 0 fully saturated rings. The first-order valence-electron chi connectivity index (χ1n) is 6.94. The van der Waals surface area contributed by atoms with Gasteiger partial charge in [-0.1, -0.05) is 24.3 Å². The van der Waals surface area contributed by atoms with Crippen molar-refractivity contribution in [1.82, 2.24) is 4.98 Å². The fourth-order valence-electron chi connectivity index (χ4n) is 2.29. The molecule has 0 unspecified atom stereocenters.